The predicted molar refractivity (Wildman–Crippen MR) is 126 cm³/mol. The highest BCUT2D eigenvalue weighted by Gasteiger charge is 2.52. The molecule has 4 nitrogen and oxygen atoms in total. The molecule has 4 fully saturated rings. The number of hydrogen-bond acceptors (Lipinski definition) is 3. The van der Waals surface area contributed by atoms with Gasteiger partial charge in [-0.05, 0) is 105 Å². The van der Waals surface area contributed by atoms with Crippen LogP contribution < -0.4 is 4.74 Å². The van der Waals surface area contributed by atoms with E-state index in [9.17, 15) is 9.90 Å². The summed E-state index contributed by atoms with van der Waals surface area (Å²) in [6, 6.07) is 9.41. The monoisotopic (exact) mass is 452 g/mol. The van der Waals surface area contributed by atoms with Crippen LogP contribution >= 0.6 is 11.6 Å². The molecule has 4 saturated carbocycles. The van der Waals surface area contributed by atoms with E-state index in [-0.39, 0.29) is 5.41 Å². The van der Waals surface area contributed by atoms with E-state index < -0.39 is 5.97 Å². The van der Waals surface area contributed by atoms with Crippen LogP contribution in [0.15, 0.2) is 36.4 Å². The Morgan fingerprint density at radius 3 is 2.38 bits per heavy atom. The molecule has 168 valence electrons. The van der Waals surface area contributed by atoms with Gasteiger partial charge in [-0.2, -0.15) is 0 Å². The van der Waals surface area contributed by atoms with Crippen molar-refractivity contribution in [3.05, 3.63) is 52.6 Å². The molecule has 0 amide bonds. The molecule has 0 heterocycles. The fourth-order valence-electron chi connectivity index (χ4n) is 6.99. The van der Waals surface area contributed by atoms with Gasteiger partial charge in [-0.3, -0.25) is 0 Å². The zero-order valence-corrected chi connectivity index (χ0v) is 19.1. The molecule has 0 radical (unpaired) electrons. The minimum atomic E-state index is -1.03. The molecule has 0 atom stereocenters. The highest BCUT2D eigenvalue weighted by Crippen LogP contribution is 2.62. The van der Waals surface area contributed by atoms with E-state index in [1.165, 1.54) is 25.3 Å². The molecule has 2 aromatic rings. The molecule has 0 saturated heterocycles. The number of phenols is 1. The zero-order chi connectivity index (χ0) is 22.5. The van der Waals surface area contributed by atoms with Gasteiger partial charge in [0.25, 0.3) is 0 Å². The molecule has 0 aromatic heterocycles. The van der Waals surface area contributed by atoms with E-state index in [1.807, 2.05) is 19.1 Å². The van der Waals surface area contributed by atoms with E-state index >= 15 is 0 Å². The number of benzene rings is 2. The van der Waals surface area contributed by atoms with E-state index in [4.69, 9.17) is 21.4 Å². The minimum Gasteiger partial charge on any atom is -0.508 e. The van der Waals surface area contributed by atoms with Gasteiger partial charge in [0.15, 0.2) is 0 Å². The van der Waals surface area contributed by atoms with Gasteiger partial charge in [-0.15, -0.1) is 0 Å². The van der Waals surface area contributed by atoms with Crippen LogP contribution in [0.3, 0.4) is 0 Å². The van der Waals surface area contributed by atoms with Crippen molar-refractivity contribution < 1.29 is 19.7 Å². The van der Waals surface area contributed by atoms with Gasteiger partial charge in [0, 0.05) is 27.8 Å². The van der Waals surface area contributed by atoms with Crippen LogP contribution in [-0.2, 0) is 10.2 Å². The smallest absolute Gasteiger partial charge is 0.328 e. The maximum atomic E-state index is 11.1. The summed E-state index contributed by atoms with van der Waals surface area (Å²) in [5.74, 6) is 2.30. The van der Waals surface area contributed by atoms with Gasteiger partial charge in [0.1, 0.15) is 11.5 Å². The number of ether oxygens (including phenoxy) is 1. The Morgan fingerprint density at radius 2 is 1.78 bits per heavy atom. The van der Waals surface area contributed by atoms with Crippen molar-refractivity contribution in [3.63, 3.8) is 0 Å². The maximum Gasteiger partial charge on any atom is 0.328 e. The topological polar surface area (TPSA) is 66.8 Å². The number of carboxylic acids is 1. The van der Waals surface area contributed by atoms with Crippen LogP contribution in [0.1, 0.15) is 56.6 Å². The molecule has 4 bridgehead atoms. The first-order valence-corrected chi connectivity index (χ1v) is 12.0. The van der Waals surface area contributed by atoms with Crippen molar-refractivity contribution in [2.24, 2.45) is 17.8 Å². The summed E-state index contributed by atoms with van der Waals surface area (Å²) >= 11 is 6.43. The van der Waals surface area contributed by atoms with Crippen LogP contribution in [0.4, 0.5) is 0 Å². The Balaban J connectivity index is 1.62. The van der Waals surface area contributed by atoms with Gasteiger partial charge in [-0.25, -0.2) is 4.79 Å². The number of carboxylic acid groups (broad SMARTS) is 1. The first kappa shape index (κ1) is 21.4. The number of hydrogen-bond donors (Lipinski definition) is 2. The predicted octanol–water partition coefficient (Wildman–Crippen LogP) is 6.68. The number of carbonyl (C=O) groups is 1. The van der Waals surface area contributed by atoms with E-state index in [1.54, 1.807) is 12.1 Å². The van der Waals surface area contributed by atoms with Gasteiger partial charge in [0.2, 0.25) is 0 Å². The standard InChI is InChI=1S/C27H29ClO4/c1-2-32-26-20(4-6-25(30)31)10-21(28)12-22(26)19-3-5-24(29)23(11-19)27-13-16-7-17(14-27)9-18(8-16)15-27/h3-6,10-12,16-18,29H,2,7-9,13-15H2,1H3,(H,30,31). The van der Waals surface area contributed by atoms with Crippen molar-refractivity contribution in [1.29, 1.82) is 0 Å². The lowest BCUT2D eigenvalue weighted by Gasteiger charge is -2.57. The van der Waals surface area contributed by atoms with Crippen LogP contribution in [0, 0.1) is 17.8 Å². The van der Waals surface area contributed by atoms with Crippen molar-refractivity contribution >= 4 is 23.6 Å². The van der Waals surface area contributed by atoms with E-state index in [0.29, 0.717) is 28.7 Å². The SMILES string of the molecule is CCOc1c(C=CC(=O)O)cc(Cl)cc1-c1ccc(O)c(C23CC4CC(CC(C4)C2)C3)c1. The van der Waals surface area contributed by atoms with Crippen molar-refractivity contribution in [2.75, 3.05) is 6.61 Å². The highest BCUT2D eigenvalue weighted by atomic mass is 35.5. The third-order valence-electron chi connectivity index (χ3n) is 7.69. The van der Waals surface area contributed by atoms with Crippen molar-refractivity contribution in [3.8, 4) is 22.6 Å². The van der Waals surface area contributed by atoms with Crippen LogP contribution in [0.2, 0.25) is 5.02 Å². The molecule has 2 N–H and O–H groups in total. The highest BCUT2D eigenvalue weighted by molar-refractivity contribution is 6.31. The largest absolute Gasteiger partial charge is 0.508 e. The molecular formula is C27H29ClO4. The third-order valence-corrected chi connectivity index (χ3v) is 7.91. The first-order chi connectivity index (χ1) is 15.4. The van der Waals surface area contributed by atoms with Gasteiger partial charge < -0.3 is 14.9 Å². The molecule has 5 heteroatoms. The van der Waals surface area contributed by atoms with Crippen LogP contribution in [0.25, 0.3) is 17.2 Å². The Labute approximate surface area is 193 Å². The minimum absolute atomic E-state index is 0.0607. The Kier molecular flexibility index (Phi) is 5.45. The molecule has 0 spiro atoms. The van der Waals surface area contributed by atoms with Crippen LogP contribution in [0.5, 0.6) is 11.5 Å². The molecule has 32 heavy (non-hydrogen) atoms. The summed E-state index contributed by atoms with van der Waals surface area (Å²) in [5.41, 5.74) is 3.49. The molecule has 6 rings (SSSR count). The quantitative estimate of drug-likeness (QED) is 0.480. The van der Waals surface area contributed by atoms with E-state index in [0.717, 1.165) is 59.8 Å². The number of rotatable bonds is 6. The molecule has 4 aliphatic rings. The second-order valence-corrected chi connectivity index (χ2v) is 10.3. The fraction of sp³-hybridized carbons (Fsp3) is 0.444. The second kappa shape index (κ2) is 8.15. The maximum absolute atomic E-state index is 11.1. The third kappa shape index (κ3) is 3.79. The Hall–Kier alpha value is -2.46. The van der Waals surface area contributed by atoms with E-state index in [2.05, 4.69) is 6.07 Å². The second-order valence-electron chi connectivity index (χ2n) is 9.91. The summed E-state index contributed by atoms with van der Waals surface area (Å²) in [7, 11) is 0. The number of aliphatic carboxylic acids is 1. The zero-order valence-electron chi connectivity index (χ0n) is 18.3. The number of phenolic OH excluding ortho intramolecular Hbond substituents is 1. The first-order valence-electron chi connectivity index (χ1n) is 11.6. The van der Waals surface area contributed by atoms with Gasteiger partial charge in [0.05, 0.1) is 6.61 Å². The fourth-order valence-corrected chi connectivity index (χ4v) is 7.21. The molecule has 0 unspecified atom stereocenters. The number of aromatic hydroxyl groups is 1. The summed E-state index contributed by atoms with van der Waals surface area (Å²) in [6.07, 6.45) is 10.1. The lowest BCUT2D eigenvalue weighted by molar-refractivity contribution is -0.131. The molecule has 2 aromatic carbocycles. The van der Waals surface area contributed by atoms with Crippen molar-refractivity contribution in [2.45, 2.75) is 50.9 Å². The average molecular weight is 453 g/mol. The summed E-state index contributed by atoms with van der Waals surface area (Å²) in [6.45, 7) is 2.35. The molecule has 4 aliphatic carbocycles. The number of halogens is 1. The normalized spacial score (nSPS) is 28.4. The Morgan fingerprint density at radius 1 is 1.12 bits per heavy atom. The van der Waals surface area contributed by atoms with Gasteiger partial charge >= 0.3 is 5.97 Å². The van der Waals surface area contributed by atoms with Crippen LogP contribution in [-0.4, -0.2) is 22.8 Å². The lowest BCUT2D eigenvalue weighted by atomic mass is 9.48. The summed E-state index contributed by atoms with van der Waals surface area (Å²) in [5, 5.41) is 20.5. The lowest BCUT2D eigenvalue weighted by Crippen LogP contribution is -2.48. The summed E-state index contributed by atoms with van der Waals surface area (Å²) < 4.78 is 5.96. The molecule has 0 aliphatic heterocycles. The Bertz CT molecular complexity index is 1050. The molecular weight excluding hydrogens is 424 g/mol. The average Bonchev–Trinajstić information content (AvgIpc) is 2.73. The summed E-state index contributed by atoms with van der Waals surface area (Å²) in [4.78, 5) is 11.1. The van der Waals surface area contributed by atoms with Gasteiger partial charge in [-0.1, -0.05) is 17.7 Å². The van der Waals surface area contributed by atoms with Crippen molar-refractivity contribution in [1.82, 2.24) is 0 Å².